The third kappa shape index (κ3) is 3.75. The van der Waals surface area contributed by atoms with E-state index in [2.05, 4.69) is 6.92 Å². The van der Waals surface area contributed by atoms with Gasteiger partial charge in [0.1, 0.15) is 11.6 Å². The summed E-state index contributed by atoms with van der Waals surface area (Å²) in [6.45, 7) is 4.58. The molecule has 5 heteroatoms. The summed E-state index contributed by atoms with van der Waals surface area (Å²) in [5.41, 5.74) is -0.438. The number of benzene rings is 1. The molecule has 0 bridgehead atoms. The zero-order valence-electron chi connectivity index (χ0n) is 13.1. The van der Waals surface area contributed by atoms with Crippen molar-refractivity contribution in [1.82, 2.24) is 0 Å². The molecule has 2 unspecified atom stereocenters. The van der Waals surface area contributed by atoms with Crippen LogP contribution in [-0.2, 0) is 4.74 Å². The van der Waals surface area contributed by atoms with Gasteiger partial charge in [-0.1, -0.05) is 13.3 Å². The van der Waals surface area contributed by atoms with Gasteiger partial charge in [-0.15, -0.1) is 0 Å². The summed E-state index contributed by atoms with van der Waals surface area (Å²) >= 11 is 0. The maximum atomic E-state index is 14.5. The molecule has 1 heterocycles. The maximum Gasteiger partial charge on any atom is 0.270 e. The van der Waals surface area contributed by atoms with Crippen molar-refractivity contribution in [2.45, 2.75) is 52.1 Å². The largest absolute Gasteiger partial charge is 0.493 e. The molecular weight excluding hydrogens is 293 g/mol. The highest BCUT2D eigenvalue weighted by molar-refractivity contribution is 5.40. The second-order valence-electron chi connectivity index (χ2n) is 5.67. The Morgan fingerprint density at radius 2 is 2.05 bits per heavy atom. The quantitative estimate of drug-likeness (QED) is 0.696. The minimum atomic E-state index is -2.90. The molecule has 0 radical (unpaired) electrons. The van der Waals surface area contributed by atoms with Gasteiger partial charge in [-0.25, -0.2) is 13.2 Å². The lowest BCUT2D eigenvalue weighted by Gasteiger charge is -2.30. The van der Waals surface area contributed by atoms with Crippen LogP contribution in [0.15, 0.2) is 12.1 Å². The molecule has 1 aliphatic rings. The number of alkyl halides is 2. The molecule has 1 aromatic carbocycles. The molecule has 124 valence electrons. The number of halogens is 3. The van der Waals surface area contributed by atoms with Crippen molar-refractivity contribution in [3.8, 4) is 5.75 Å². The first-order valence-corrected chi connectivity index (χ1v) is 7.93. The van der Waals surface area contributed by atoms with E-state index >= 15 is 0 Å². The van der Waals surface area contributed by atoms with E-state index in [1.165, 1.54) is 12.1 Å². The van der Waals surface area contributed by atoms with Crippen LogP contribution in [0.3, 0.4) is 0 Å². The van der Waals surface area contributed by atoms with E-state index in [1.54, 1.807) is 6.92 Å². The Morgan fingerprint density at radius 3 is 2.59 bits per heavy atom. The van der Waals surface area contributed by atoms with Crippen molar-refractivity contribution < 1.29 is 22.6 Å². The monoisotopic (exact) mass is 316 g/mol. The fraction of sp³-hybridized carbons (Fsp3) is 0.647. The summed E-state index contributed by atoms with van der Waals surface area (Å²) in [6, 6.07) is 2.93. The molecular formula is C17H23F3O2. The smallest absolute Gasteiger partial charge is 0.270 e. The molecule has 0 N–H and O–H groups in total. The van der Waals surface area contributed by atoms with E-state index in [4.69, 9.17) is 9.47 Å². The Bertz CT molecular complexity index is 483. The van der Waals surface area contributed by atoms with E-state index in [9.17, 15) is 13.2 Å². The van der Waals surface area contributed by atoms with Crippen molar-refractivity contribution in [3.63, 3.8) is 0 Å². The Labute approximate surface area is 129 Å². The standard InChI is InChI=1S/C17H23F3O2/c1-3-5-11-6-8-13(22-10-11)12-7-9-14(21-4-2)15(16(12)18)17(19)20/h7,9,11,13,17H,3-6,8,10H2,1-2H3. The van der Waals surface area contributed by atoms with Gasteiger partial charge in [0.15, 0.2) is 0 Å². The molecule has 1 aliphatic heterocycles. The van der Waals surface area contributed by atoms with Crippen LogP contribution in [0.4, 0.5) is 13.2 Å². The molecule has 0 aliphatic carbocycles. The highest BCUT2D eigenvalue weighted by atomic mass is 19.3. The first-order valence-electron chi connectivity index (χ1n) is 7.93. The lowest BCUT2D eigenvalue weighted by Crippen LogP contribution is -2.21. The van der Waals surface area contributed by atoms with Crippen LogP contribution in [0.1, 0.15) is 63.2 Å². The lowest BCUT2D eigenvalue weighted by atomic mass is 9.91. The SMILES string of the molecule is CCCC1CCC(c2ccc(OCC)c(C(F)F)c2F)OC1. The van der Waals surface area contributed by atoms with Crippen molar-refractivity contribution in [1.29, 1.82) is 0 Å². The number of hydrogen-bond donors (Lipinski definition) is 0. The van der Waals surface area contributed by atoms with Gasteiger partial charge in [0.05, 0.1) is 24.9 Å². The minimum Gasteiger partial charge on any atom is -0.493 e. The van der Waals surface area contributed by atoms with E-state index in [0.29, 0.717) is 18.9 Å². The first-order chi connectivity index (χ1) is 10.6. The fourth-order valence-electron chi connectivity index (χ4n) is 3.01. The Balaban J connectivity index is 2.20. The third-order valence-corrected chi connectivity index (χ3v) is 4.10. The minimum absolute atomic E-state index is 0.0848. The Hall–Kier alpha value is -1.23. The normalized spacial score (nSPS) is 22.1. The molecule has 0 spiro atoms. The van der Waals surface area contributed by atoms with Gasteiger partial charge in [-0.2, -0.15) is 0 Å². The summed E-state index contributed by atoms with van der Waals surface area (Å²) in [7, 11) is 0. The van der Waals surface area contributed by atoms with Crippen molar-refractivity contribution in [2.75, 3.05) is 13.2 Å². The summed E-state index contributed by atoms with van der Waals surface area (Å²) in [6.07, 6.45) is 0.430. The Morgan fingerprint density at radius 1 is 1.27 bits per heavy atom. The zero-order chi connectivity index (χ0) is 16.1. The molecule has 0 aromatic heterocycles. The summed E-state index contributed by atoms with van der Waals surface area (Å²) < 4.78 is 51.6. The van der Waals surface area contributed by atoms with Crippen LogP contribution in [-0.4, -0.2) is 13.2 Å². The van der Waals surface area contributed by atoms with Crippen LogP contribution in [0.2, 0.25) is 0 Å². The molecule has 2 rings (SSSR count). The molecule has 1 aromatic rings. The fourth-order valence-corrected chi connectivity index (χ4v) is 3.01. The van der Waals surface area contributed by atoms with Crippen molar-refractivity contribution in [3.05, 3.63) is 29.1 Å². The second-order valence-corrected chi connectivity index (χ2v) is 5.67. The lowest BCUT2D eigenvalue weighted by molar-refractivity contribution is -0.0215. The summed E-state index contributed by atoms with van der Waals surface area (Å²) in [5.74, 6) is -0.486. The topological polar surface area (TPSA) is 18.5 Å². The highest BCUT2D eigenvalue weighted by Crippen LogP contribution is 2.39. The summed E-state index contributed by atoms with van der Waals surface area (Å²) in [4.78, 5) is 0. The summed E-state index contributed by atoms with van der Waals surface area (Å²) in [5, 5.41) is 0. The van der Waals surface area contributed by atoms with Gasteiger partial charge >= 0.3 is 0 Å². The molecule has 22 heavy (non-hydrogen) atoms. The van der Waals surface area contributed by atoms with Gasteiger partial charge < -0.3 is 9.47 Å². The first kappa shape index (κ1) is 17.1. The van der Waals surface area contributed by atoms with Crippen LogP contribution < -0.4 is 4.74 Å². The van der Waals surface area contributed by atoms with E-state index in [-0.39, 0.29) is 17.9 Å². The molecule has 2 nitrogen and oxygen atoms in total. The zero-order valence-corrected chi connectivity index (χ0v) is 13.1. The molecule has 0 saturated carbocycles. The number of rotatable bonds is 6. The average molecular weight is 316 g/mol. The predicted molar refractivity (Wildman–Crippen MR) is 78.9 cm³/mol. The van der Waals surface area contributed by atoms with E-state index in [0.717, 1.165) is 19.3 Å². The van der Waals surface area contributed by atoms with Crippen LogP contribution in [0.5, 0.6) is 5.75 Å². The average Bonchev–Trinajstić information content (AvgIpc) is 2.49. The van der Waals surface area contributed by atoms with Gasteiger partial charge in [0.2, 0.25) is 0 Å². The Kier molecular flexibility index (Phi) is 6.12. The van der Waals surface area contributed by atoms with E-state index in [1.807, 2.05) is 0 Å². The van der Waals surface area contributed by atoms with Gasteiger partial charge in [-0.05, 0) is 44.2 Å². The van der Waals surface area contributed by atoms with Crippen LogP contribution >= 0.6 is 0 Å². The molecule has 1 fully saturated rings. The molecule has 1 saturated heterocycles. The van der Waals surface area contributed by atoms with Gasteiger partial charge in [-0.3, -0.25) is 0 Å². The van der Waals surface area contributed by atoms with Crippen molar-refractivity contribution >= 4 is 0 Å². The van der Waals surface area contributed by atoms with Gasteiger partial charge in [0.25, 0.3) is 6.43 Å². The van der Waals surface area contributed by atoms with Crippen LogP contribution in [0.25, 0.3) is 0 Å². The van der Waals surface area contributed by atoms with Crippen molar-refractivity contribution in [2.24, 2.45) is 5.92 Å². The molecule has 2 atom stereocenters. The third-order valence-electron chi connectivity index (χ3n) is 4.10. The number of ether oxygens (including phenoxy) is 2. The predicted octanol–water partition coefficient (Wildman–Crippen LogP) is 5.43. The van der Waals surface area contributed by atoms with E-state index < -0.39 is 23.9 Å². The number of hydrogen-bond acceptors (Lipinski definition) is 2. The molecule has 0 amide bonds. The second kappa shape index (κ2) is 7.86. The van der Waals surface area contributed by atoms with Crippen LogP contribution in [0, 0.1) is 11.7 Å². The van der Waals surface area contributed by atoms with Gasteiger partial charge in [0, 0.05) is 5.56 Å². The highest BCUT2D eigenvalue weighted by Gasteiger charge is 2.29. The maximum absolute atomic E-state index is 14.5.